The molecule has 6 rings (SSSR count). The predicted molar refractivity (Wildman–Crippen MR) is 150 cm³/mol. The quantitative estimate of drug-likeness (QED) is 0.238. The standard InChI is InChI=1S/C34H24N3O/c1-21-12-14-26-27-15-13-24(19-35)32(34(27)38-33(26)31(21)30-11-7-8-16-37(30)3)25-17-22(2)29(20-36)28(18-25)23-9-5-4-6-10-23/h4-18H,1-3H3/q+1. The molecule has 0 saturated carbocycles. The number of benzene rings is 4. The first kappa shape index (κ1) is 23.2. The summed E-state index contributed by atoms with van der Waals surface area (Å²) in [4.78, 5) is 0. The van der Waals surface area contributed by atoms with Crippen molar-refractivity contribution < 1.29 is 8.98 Å². The lowest BCUT2D eigenvalue weighted by molar-refractivity contribution is -0.660. The first-order valence-electron chi connectivity index (χ1n) is 12.5. The number of hydrogen-bond donors (Lipinski definition) is 0. The second-order valence-electron chi connectivity index (χ2n) is 9.60. The van der Waals surface area contributed by atoms with Gasteiger partial charge in [0.05, 0.1) is 22.8 Å². The average Bonchev–Trinajstić information content (AvgIpc) is 3.31. The molecule has 0 unspecified atom stereocenters. The topological polar surface area (TPSA) is 64.6 Å². The van der Waals surface area contributed by atoms with Gasteiger partial charge >= 0.3 is 0 Å². The molecule has 0 bridgehead atoms. The van der Waals surface area contributed by atoms with Gasteiger partial charge in [0.1, 0.15) is 24.3 Å². The number of nitrogens with zero attached hydrogens (tertiary/aromatic N) is 3. The minimum atomic E-state index is 0.531. The maximum Gasteiger partial charge on any atom is 0.216 e. The molecule has 0 atom stereocenters. The molecular weight excluding hydrogens is 466 g/mol. The molecule has 4 nitrogen and oxygen atoms in total. The normalized spacial score (nSPS) is 11.0. The highest BCUT2D eigenvalue weighted by atomic mass is 16.3. The first-order chi connectivity index (χ1) is 18.5. The Balaban J connectivity index is 1.71. The largest absolute Gasteiger partial charge is 0.454 e. The molecule has 0 spiro atoms. The van der Waals surface area contributed by atoms with Crippen LogP contribution in [-0.2, 0) is 7.05 Å². The summed E-state index contributed by atoms with van der Waals surface area (Å²) in [7, 11) is 2.03. The molecule has 0 amide bonds. The van der Waals surface area contributed by atoms with Crippen molar-refractivity contribution in [3.63, 3.8) is 0 Å². The number of nitriles is 2. The van der Waals surface area contributed by atoms with E-state index in [1.165, 1.54) is 0 Å². The van der Waals surface area contributed by atoms with Crippen molar-refractivity contribution >= 4 is 21.9 Å². The smallest absolute Gasteiger partial charge is 0.216 e. The summed E-state index contributed by atoms with van der Waals surface area (Å²) in [6.07, 6.45) is 2.03. The zero-order valence-corrected chi connectivity index (χ0v) is 21.4. The molecule has 2 aromatic heterocycles. The van der Waals surface area contributed by atoms with E-state index in [1.807, 2.05) is 86.9 Å². The van der Waals surface area contributed by atoms with Crippen LogP contribution in [0.25, 0.3) is 55.4 Å². The second-order valence-corrected chi connectivity index (χ2v) is 9.60. The van der Waals surface area contributed by atoms with Gasteiger partial charge in [-0.1, -0.05) is 42.5 Å². The van der Waals surface area contributed by atoms with Crippen LogP contribution in [-0.4, -0.2) is 0 Å². The lowest BCUT2D eigenvalue weighted by Crippen LogP contribution is -2.30. The predicted octanol–water partition coefficient (Wildman–Crippen LogP) is 7.77. The molecule has 0 aliphatic heterocycles. The van der Waals surface area contributed by atoms with Gasteiger partial charge in [-0.25, -0.2) is 4.57 Å². The highest BCUT2D eigenvalue weighted by Crippen LogP contribution is 2.43. The Labute approximate surface area is 221 Å². The number of pyridine rings is 1. The zero-order valence-electron chi connectivity index (χ0n) is 21.4. The molecule has 4 aromatic carbocycles. The second kappa shape index (κ2) is 9.04. The monoisotopic (exact) mass is 490 g/mol. The molecule has 4 heteroatoms. The van der Waals surface area contributed by atoms with Crippen molar-refractivity contribution in [2.75, 3.05) is 0 Å². The van der Waals surface area contributed by atoms with Crippen LogP contribution in [0.4, 0.5) is 0 Å². The fourth-order valence-corrected chi connectivity index (χ4v) is 5.41. The summed E-state index contributed by atoms with van der Waals surface area (Å²) in [6, 6.07) is 32.8. The average molecular weight is 491 g/mol. The zero-order chi connectivity index (χ0) is 26.4. The number of furan rings is 1. The molecule has 0 radical (unpaired) electrons. The van der Waals surface area contributed by atoms with Gasteiger partial charge < -0.3 is 4.42 Å². The summed E-state index contributed by atoms with van der Waals surface area (Å²) in [5.41, 5.74) is 10.1. The SMILES string of the molecule is Cc1cc(-c2c(C#N)ccc3c2oc2c(-c4cccc[n+]4C)c(C)ccc23)cc(-c2ccccc2)c1C#N. The van der Waals surface area contributed by atoms with Crippen molar-refractivity contribution in [2.45, 2.75) is 13.8 Å². The third-order valence-electron chi connectivity index (χ3n) is 7.27. The van der Waals surface area contributed by atoms with E-state index >= 15 is 0 Å². The fraction of sp³-hybridized carbons (Fsp3) is 0.0882. The van der Waals surface area contributed by atoms with E-state index in [-0.39, 0.29) is 0 Å². The van der Waals surface area contributed by atoms with E-state index in [0.29, 0.717) is 16.7 Å². The Hall–Kier alpha value is -5.19. The number of aromatic nitrogens is 1. The van der Waals surface area contributed by atoms with Crippen molar-refractivity contribution in [1.82, 2.24) is 0 Å². The molecule has 0 saturated heterocycles. The Bertz CT molecular complexity index is 1970. The maximum atomic E-state index is 10.1. The Morgan fingerprint density at radius 3 is 2.11 bits per heavy atom. The highest BCUT2D eigenvalue weighted by Gasteiger charge is 2.23. The van der Waals surface area contributed by atoms with E-state index in [1.54, 1.807) is 0 Å². The summed E-state index contributed by atoms with van der Waals surface area (Å²) in [5.74, 6) is 0. The Kier molecular flexibility index (Phi) is 5.52. The van der Waals surface area contributed by atoms with Crippen LogP contribution in [0.15, 0.2) is 95.5 Å². The van der Waals surface area contributed by atoms with Gasteiger partial charge in [0.15, 0.2) is 6.20 Å². The molecular formula is C34H24N3O+. The van der Waals surface area contributed by atoms with E-state index in [9.17, 15) is 10.5 Å². The van der Waals surface area contributed by atoms with Gasteiger partial charge in [-0.15, -0.1) is 0 Å². The van der Waals surface area contributed by atoms with Crippen LogP contribution < -0.4 is 4.57 Å². The number of aryl methyl sites for hydroxylation is 3. The number of hydrogen-bond acceptors (Lipinski definition) is 3. The Morgan fingerprint density at radius 2 is 1.39 bits per heavy atom. The summed E-state index contributed by atoms with van der Waals surface area (Å²) in [5, 5.41) is 22.0. The maximum absolute atomic E-state index is 10.1. The van der Waals surface area contributed by atoms with E-state index in [4.69, 9.17) is 4.42 Å². The van der Waals surface area contributed by atoms with Crippen LogP contribution in [0.2, 0.25) is 0 Å². The molecule has 180 valence electrons. The van der Waals surface area contributed by atoms with E-state index in [0.717, 1.165) is 61.0 Å². The Morgan fingerprint density at radius 1 is 0.684 bits per heavy atom. The molecule has 2 heterocycles. The van der Waals surface area contributed by atoms with Crippen LogP contribution in [0.5, 0.6) is 0 Å². The van der Waals surface area contributed by atoms with Crippen LogP contribution in [0, 0.1) is 36.5 Å². The van der Waals surface area contributed by atoms with E-state index in [2.05, 4.69) is 41.8 Å². The van der Waals surface area contributed by atoms with Crippen LogP contribution >= 0.6 is 0 Å². The van der Waals surface area contributed by atoms with Crippen LogP contribution in [0.1, 0.15) is 22.3 Å². The van der Waals surface area contributed by atoms with Gasteiger partial charge in [-0.3, -0.25) is 0 Å². The van der Waals surface area contributed by atoms with Gasteiger partial charge in [-0.05, 0) is 66.4 Å². The molecule has 6 aromatic rings. The molecule has 0 N–H and O–H groups in total. The number of fused-ring (bicyclic) bond motifs is 3. The molecule has 38 heavy (non-hydrogen) atoms. The van der Waals surface area contributed by atoms with Gasteiger partial charge in [0.25, 0.3) is 0 Å². The lowest BCUT2D eigenvalue weighted by Gasteiger charge is -2.13. The molecule has 0 fully saturated rings. The van der Waals surface area contributed by atoms with Crippen LogP contribution in [0.3, 0.4) is 0 Å². The third kappa shape index (κ3) is 3.55. The van der Waals surface area contributed by atoms with Gasteiger partial charge in [0, 0.05) is 34.0 Å². The first-order valence-corrected chi connectivity index (χ1v) is 12.5. The number of rotatable bonds is 3. The van der Waals surface area contributed by atoms with E-state index < -0.39 is 0 Å². The summed E-state index contributed by atoms with van der Waals surface area (Å²) < 4.78 is 8.80. The molecule has 0 aliphatic rings. The van der Waals surface area contributed by atoms with Crippen molar-refractivity contribution in [3.05, 3.63) is 113 Å². The molecule has 0 aliphatic carbocycles. The third-order valence-corrected chi connectivity index (χ3v) is 7.27. The van der Waals surface area contributed by atoms with Crippen molar-refractivity contribution in [2.24, 2.45) is 7.05 Å². The highest BCUT2D eigenvalue weighted by molar-refractivity contribution is 6.14. The van der Waals surface area contributed by atoms with Gasteiger partial charge in [0.2, 0.25) is 5.69 Å². The summed E-state index contributed by atoms with van der Waals surface area (Å²) in [6.45, 7) is 4.03. The van der Waals surface area contributed by atoms with Crippen molar-refractivity contribution in [1.29, 1.82) is 10.5 Å². The summed E-state index contributed by atoms with van der Waals surface area (Å²) >= 11 is 0. The lowest BCUT2D eigenvalue weighted by atomic mass is 9.89. The van der Waals surface area contributed by atoms with Gasteiger partial charge in [-0.2, -0.15) is 10.5 Å². The van der Waals surface area contributed by atoms with Crippen molar-refractivity contribution in [3.8, 4) is 45.6 Å². The fourth-order valence-electron chi connectivity index (χ4n) is 5.41. The minimum absolute atomic E-state index is 0.531. The minimum Gasteiger partial charge on any atom is -0.454 e.